The van der Waals surface area contributed by atoms with Crippen molar-refractivity contribution in [1.29, 1.82) is 0 Å². The number of rotatable bonds is 7. The van der Waals surface area contributed by atoms with Crippen LogP contribution in [0.1, 0.15) is 87.0 Å². The molecule has 36 heavy (non-hydrogen) atoms. The van der Waals surface area contributed by atoms with Crippen LogP contribution in [0.3, 0.4) is 0 Å². The molecule has 0 aromatic heterocycles. The Kier molecular flexibility index (Phi) is 8.26. The Bertz CT molecular complexity index is 925. The minimum absolute atomic E-state index is 0.00444. The maximum atomic E-state index is 11.9. The summed E-state index contributed by atoms with van der Waals surface area (Å²) >= 11 is 0. The van der Waals surface area contributed by atoms with Crippen LogP contribution in [0.4, 0.5) is 0 Å². The first-order chi connectivity index (χ1) is 16.7. The number of esters is 4. The summed E-state index contributed by atoms with van der Waals surface area (Å²) in [6, 6.07) is 0. The second-order valence-electron chi connectivity index (χ2n) is 11.8. The highest BCUT2D eigenvalue weighted by Gasteiger charge is 2.58. The molecular formula is C28H42O8. The molecule has 0 spiro atoms. The van der Waals surface area contributed by atoms with Gasteiger partial charge in [0.2, 0.25) is 0 Å². The number of fused-ring (bicyclic) bond motifs is 3. The Labute approximate surface area is 214 Å². The van der Waals surface area contributed by atoms with E-state index in [1.165, 1.54) is 33.3 Å². The summed E-state index contributed by atoms with van der Waals surface area (Å²) in [5, 5.41) is 0. The third-order valence-corrected chi connectivity index (χ3v) is 9.17. The second-order valence-corrected chi connectivity index (χ2v) is 11.8. The lowest BCUT2D eigenvalue weighted by Gasteiger charge is -2.60. The van der Waals surface area contributed by atoms with E-state index < -0.39 is 17.5 Å². The van der Waals surface area contributed by atoms with E-state index in [2.05, 4.69) is 19.9 Å². The molecule has 0 amide bonds. The molecule has 8 heteroatoms. The smallest absolute Gasteiger partial charge is 0.303 e. The highest BCUT2D eigenvalue weighted by Crippen LogP contribution is 2.64. The van der Waals surface area contributed by atoms with Crippen molar-refractivity contribution < 1.29 is 38.1 Å². The van der Waals surface area contributed by atoms with Crippen LogP contribution in [0.25, 0.3) is 0 Å². The molecule has 0 aliphatic heterocycles. The van der Waals surface area contributed by atoms with Crippen LogP contribution in [-0.4, -0.2) is 49.3 Å². The molecule has 0 aromatic carbocycles. The maximum Gasteiger partial charge on any atom is 0.303 e. The van der Waals surface area contributed by atoms with Gasteiger partial charge >= 0.3 is 23.9 Å². The Morgan fingerprint density at radius 3 is 2.17 bits per heavy atom. The minimum atomic E-state index is -0.579. The fraction of sp³-hybridized carbons (Fsp3) is 0.786. The molecule has 8 nitrogen and oxygen atoms in total. The average molecular weight is 507 g/mol. The molecule has 0 aromatic rings. The zero-order chi connectivity index (χ0) is 26.9. The number of carbonyl (C=O) groups excluding carboxylic acids is 4. The summed E-state index contributed by atoms with van der Waals surface area (Å²) in [6.07, 6.45) is 6.47. The van der Waals surface area contributed by atoms with Gasteiger partial charge in [-0.05, 0) is 62.7 Å². The van der Waals surface area contributed by atoms with E-state index in [1.54, 1.807) is 0 Å². The molecule has 3 aliphatic carbocycles. The van der Waals surface area contributed by atoms with E-state index in [0.29, 0.717) is 12.3 Å². The van der Waals surface area contributed by atoms with Gasteiger partial charge in [0.1, 0.15) is 25.4 Å². The van der Waals surface area contributed by atoms with Gasteiger partial charge in [-0.2, -0.15) is 0 Å². The normalized spacial score (nSPS) is 36.3. The van der Waals surface area contributed by atoms with E-state index in [0.717, 1.165) is 32.1 Å². The molecule has 0 unspecified atom stereocenters. The van der Waals surface area contributed by atoms with Crippen LogP contribution in [-0.2, 0) is 38.1 Å². The summed E-state index contributed by atoms with van der Waals surface area (Å²) in [7, 11) is 0. The van der Waals surface area contributed by atoms with E-state index in [4.69, 9.17) is 18.9 Å². The van der Waals surface area contributed by atoms with Crippen LogP contribution in [0.5, 0.6) is 0 Å². The van der Waals surface area contributed by atoms with Gasteiger partial charge in [-0.3, -0.25) is 19.2 Å². The van der Waals surface area contributed by atoms with Gasteiger partial charge in [-0.25, -0.2) is 0 Å². The molecule has 7 atom stereocenters. The summed E-state index contributed by atoms with van der Waals surface area (Å²) in [5.41, 5.74) is 0.335. The molecule has 3 aliphatic rings. The topological polar surface area (TPSA) is 105 Å². The second kappa shape index (κ2) is 10.5. The van der Waals surface area contributed by atoms with E-state index in [9.17, 15) is 19.2 Å². The molecule has 0 radical (unpaired) electrons. The van der Waals surface area contributed by atoms with Gasteiger partial charge in [0, 0.05) is 33.1 Å². The van der Waals surface area contributed by atoms with Crippen LogP contribution in [0, 0.1) is 28.1 Å². The Hall–Kier alpha value is -2.38. The number of allylic oxidation sites excluding steroid dienone is 1. The molecule has 202 valence electrons. The zero-order valence-electron chi connectivity index (χ0n) is 22.8. The van der Waals surface area contributed by atoms with E-state index in [-0.39, 0.29) is 54.0 Å². The quantitative estimate of drug-likeness (QED) is 0.282. The van der Waals surface area contributed by atoms with E-state index >= 15 is 0 Å². The van der Waals surface area contributed by atoms with Crippen molar-refractivity contribution in [2.45, 2.75) is 99.2 Å². The number of ether oxygens (including phenoxy) is 4. The lowest BCUT2D eigenvalue weighted by Crippen LogP contribution is -2.56. The molecule has 0 heterocycles. The van der Waals surface area contributed by atoms with Crippen LogP contribution >= 0.6 is 0 Å². The van der Waals surface area contributed by atoms with Crippen LogP contribution in [0.2, 0.25) is 0 Å². The van der Waals surface area contributed by atoms with Gasteiger partial charge in [0.15, 0.2) is 0 Å². The summed E-state index contributed by atoms with van der Waals surface area (Å²) in [4.78, 5) is 46.9. The summed E-state index contributed by atoms with van der Waals surface area (Å²) in [6.45, 7) is 12.3. The van der Waals surface area contributed by atoms with Gasteiger partial charge < -0.3 is 18.9 Å². The van der Waals surface area contributed by atoms with E-state index in [1.807, 2.05) is 6.92 Å². The standard InChI is InChI=1S/C28H42O8/c1-17(29)33-15-25(36-20(4)32)26(5)12-13-27(6)21(14-26)8-9-23-22(27)10-11-24(35-19(3)31)28(23,7)16-34-18(2)30/h9,21-22,24-25H,8,10-16H2,1-7H3/t21-,22-,24-,25-,26-,27-,28-/m0/s1. The Morgan fingerprint density at radius 2 is 1.58 bits per heavy atom. The minimum Gasteiger partial charge on any atom is -0.465 e. The fourth-order valence-corrected chi connectivity index (χ4v) is 7.05. The molecule has 3 rings (SSSR count). The van der Waals surface area contributed by atoms with Gasteiger partial charge in [-0.1, -0.05) is 25.5 Å². The number of carbonyl (C=O) groups is 4. The first-order valence-electron chi connectivity index (χ1n) is 13.0. The summed E-state index contributed by atoms with van der Waals surface area (Å²) in [5.74, 6) is -0.822. The largest absolute Gasteiger partial charge is 0.465 e. The van der Waals surface area contributed by atoms with Crippen LogP contribution < -0.4 is 0 Å². The van der Waals surface area contributed by atoms with Crippen molar-refractivity contribution in [3.8, 4) is 0 Å². The van der Waals surface area contributed by atoms with Gasteiger partial charge in [0.05, 0.1) is 5.41 Å². The fourth-order valence-electron chi connectivity index (χ4n) is 7.05. The predicted octanol–water partition coefficient (Wildman–Crippen LogP) is 4.54. The van der Waals surface area contributed by atoms with Gasteiger partial charge in [-0.15, -0.1) is 0 Å². The summed E-state index contributed by atoms with van der Waals surface area (Å²) < 4.78 is 22.2. The molecule has 0 N–H and O–H groups in total. The third kappa shape index (κ3) is 5.62. The van der Waals surface area contributed by atoms with Crippen molar-refractivity contribution in [1.82, 2.24) is 0 Å². The highest BCUT2D eigenvalue weighted by molar-refractivity contribution is 5.67. The maximum absolute atomic E-state index is 11.9. The van der Waals surface area contributed by atoms with Crippen molar-refractivity contribution in [3.63, 3.8) is 0 Å². The molecule has 2 saturated carbocycles. The first kappa shape index (κ1) is 28.2. The Morgan fingerprint density at radius 1 is 0.917 bits per heavy atom. The van der Waals surface area contributed by atoms with Crippen molar-refractivity contribution in [2.75, 3.05) is 13.2 Å². The Balaban J connectivity index is 1.90. The molecule has 0 bridgehead atoms. The monoisotopic (exact) mass is 506 g/mol. The molecule has 0 saturated heterocycles. The lowest BCUT2D eigenvalue weighted by atomic mass is 9.46. The molecular weight excluding hydrogens is 464 g/mol. The van der Waals surface area contributed by atoms with Crippen molar-refractivity contribution in [2.24, 2.45) is 28.1 Å². The number of hydrogen-bond acceptors (Lipinski definition) is 8. The predicted molar refractivity (Wildman–Crippen MR) is 131 cm³/mol. The van der Waals surface area contributed by atoms with Crippen LogP contribution in [0.15, 0.2) is 11.6 Å². The van der Waals surface area contributed by atoms with Crippen molar-refractivity contribution >= 4 is 23.9 Å². The SMILES string of the molecule is CC(=O)OC[C@H](OC(C)=O)[C@@]1(C)CC[C@@]2(C)[C@@H](CC=C3[C@@H]2CC[C@H](OC(C)=O)[C@@]3(C)COC(C)=O)C1. The lowest BCUT2D eigenvalue weighted by molar-refractivity contribution is -0.173. The molecule has 2 fully saturated rings. The van der Waals surface area contributed by atoms with Crippen molar-refractivity contribution in [3.05, 3.63) is 11.6 Å². The first-order valence-corrected chi connectivity index (χ1v) is 13.0. The third-order valence-electron chi connectivity index (χ3n) is 9.17. The average Bonchev–Trinajstić information content (AvgIpc) is 2.77. The van der Waals surface area contributed by atoms with Gasteiger partial charge in [0.25, 0.3) is 0 Å². The highest BCUT2D eigenvalue weighted by atomic mass is 16.6. The number of hydrogen-bond donors (Lipinski definition) is 0. The zero-order valence-corrected chi connectivity index (χ0v) is 22.8.